The predicted octanol–water partition coefficient (Wildman–Crippen LogP) is 2.46. The van der Waals surface area contributed by atoms with Gasteiger partial charge in [-0.3, -0.25) is 0 Å². The van der Waals surface area contributed by atoms with Gasteiger partial charge in [-0.15, -0.1) is 0 Å². The molecule has 3 nitrogen and oxygen atoms in total. The van der Waals surface area contributed by atoms with Crippen LogP contribution in [0.5, 0.6) is 5.75 Å². The molecule has 0 saturated heterocycles. The molecule has 0 heterocycles. The zero-order chi connectivity index (χ0) is 12.3. The molecule has 0 spiro atoms. The van der Waals surface area contributed by atoms with Crippen molar-refractivity contribution in [2.24, 2.45) is 5.73 Å². The SMILES string of the molecule is COc1cc(C(C)C)c(C(N)CO)cc1Cl. The molecule has 0 aliphatic heterocycles. The van der Waals surface area contributed by atoms with E-state index in [4.69, 9.17) is 27.2 Å². The molecular weight excluding hydrogens is 226 g/mol. The maximum absolute atomic E-state index is 9.11. The van der Waals surface area contributed by atoms with E-state index in [9.17, 15) is 0 Å². The third kappa shape index (κ3) is 2.67. The minimum atomic E-state index is -0.402. The molecule has 1 aromatic rings. The molecule has 0 saturated carbocycles. The number of nitrogens with two attached hydrogens (primary N) is 1. The highest BCUT2D eigenvalue weighted by Crippen LogP contribution is 2.33. The number of aliphatic hydroxyl groups excluding tert-OH is 1. The number of hydrogen-bond acceptors (Lipinski definition) is 3. The molecule has 4 heteroatoms. The van der Waals surface area contributed by atoms with E-state index in [0.717, 1.165) is 11.1 Å². The van der Waals surface area contributed by atoms with E-state index in [-0.39, 0.29) is 6.61 Å². The largest absolute Gasteiger partial charge is 0.495 e. The monoisotopic (exact) mass is 243 g/mol. The Morgan fingerprint density at radius 1 is 1.38 bits per heavy atom. The number of rotatable bonds is 4. The van der Waals surface area contributed by atoms with Crippen LogP contribution in [0.4, 0.5) is 0 Å². The Kier molecular flexibility index (Phi) is 4.59. The Labute approximate surface area is 101 Å². The molecule has 3 N–H and O–H groups in total. The van der Waals surface area contributed by atoms with Gasteiger partial charge in [-0.1, -0.05) is 25.4 Å². The summed E-state index contributed by atoms with van der Waals surface area (Å²) >= 11 is 6.05. The van der Waals surface area contributed by atoms with Crippen LogP contribution in [0.3, 0.4) is 0 Å². The maximum Gasteiger partial charge on any atom is 0.137 e. The van der Waals surface area contributed by atoms with E-state index in [1.54, 1.807) is 13.2 Å². The van der Waals surface area contributed by atoms with Crippen molar-refractivity contribution >= 4 is 11.6 Å². The normalized spacial score (nSPS) is 12.9. The highest BCUT2D eigenvalue weighted by molar-refractivity contribution is 6.32. The second kappa shape index (κ2) is 5.53. The van der Waals surface area contributed by atoms with E-state index in [1.165, 1.54) is 0 Å². The van der Waals surface area contributed by atoms with Gasteiger partial charge in [0.05, 0.1) is 24.8 Å². The second-order valence-corrected chi connectivity index (χ2v) is 4.47. The molecule has 0 bridgehead atoms. The molecule has 16 heavy (non-hydrogen) atoms. The average molecular weight is 244 g/mol. The van der Waals surface area contributed by atoms with Gasteiger partial charge in [0.25, 0.3) is 0 Å². The van der Waals surface area contributed by atoms with Crippen LogP contribution in [0.1, 0.15) is 36.9 Å². The zero-order valence-electron chi connectivity index (χ0n) is 9.83. The molecule has 0 aromatic heterocycles. The van der Waals surface area contributed by atoms with Gasteiger partial charge in [0, 0.05) is 0 Å². The summed E-state index contributed by atoms with van der Waals surface area (Å²) < 4.78 is 5.17. The Balaban J connectivity index is 3.30. The first kappa shape index (κ1) is 13.3. The van der Waals surface area contributed by atoms with Crippen LogP contribution in [-0.2, 0) is 0 Å². The number of benzene rings is 1. The molecule has 90 valence electrons. The summed E-state index contributed by atoms with van der Waals surface area (Å²) in [5.74, 6) is 0.943. The van der Waals surface area contributed by atoms with E-state index in [2.05, 4.69) is 13.8 Å². The molecule has 0 amide bonds. The summed E-state index contributed by atoms with van der Waals surface area (Å²) in [5, 5.41) is 9.63. The lowest BCUT2D eigenvalue weighted by molar-refractivity contribution is 0.267. The van der Waals surface area contributed by atoms with Gasteiger partial charge in [-0.2, -0.15) is 0 Å². The summed E-state index contributed by atoms with van der Waals surface area (Å²) in [6.45, 7) is 4.04. The first-order valence-electron chi connectivity index (χ1n) is 5.25. The first-order valence-corrected chi connectivity index (χ1v) is 5.62. The summed E-state index contributed by atoms with van der Waals surface area (Å²) in [4.78, 5) is 0. The van der Waals surface area contributed by atoms with Crippen LogP contribution in [0, 0.1) is 0 Å². The fraction of sp³-hybridized carbons (Fsp3) is 0.500. The predicted molar refractivity (Wildman–Crippen MR) is 66.1 cm³/mol. The molecule has 0 radical (unpaired) electrons. The van der Waals surface area contributed by atoms with Crippen LogP contribution in [0.15, 0.2) is 12.1 Å². The third-order valence-corrected chi connectivity index (χ3v) is 2.87. The van der Waals surface area contributed by atoms with Crippen LogP contribution in [0.25, 0.3) is 0 Å². The van der Waals surface area contributed by atoms with E-state index < -0.39 is 6.04 Å². The number of aliphatic hydroxyl groups is 1. The summed E-state index contributed by atoms with van der Waals surface area (Å²) in [6, 6.07) is 3.26. The smallest absolute Gasteiger partial charge is 0.137 e. The Morgan fingerprint density at radius 3 is 2.44 bits per heavy atom. The lowest BCUT2D eigenvalue weighted by atomic mass is 9.93. The topological polar surface area (TPSA) is 55.5 Å². The fourth-order valence-corrected chi connectivity index (χ4v) is 1.91. The van der Waals surface area contributed by atoms with Gasteiger partial charge in [0.2, 0.25) is 0 Å². The second-order valence-electron chi connectivity index (χ2n) is 4.06. The van der Waals surface area contributed by atoms with Gasteiger partial charge in [-0.05, 0) is 29.2 Å². The van der Waals surface area contributed by atoms with Crippen molar-refractivity contribution in [3.63, 3.8) is 0 Å². The molecule has 0 aliphatic carbocycles. The number of halogens is 1. The van der Waals surface area contributed by atoms with Gasteiger partial charge < -0.3 is 15.6 Å². The maximum atomic E-state index is 9.11. The van der Waals surface area contributed by atoms with Crippen LogP contribution >= 0.6 is 11.6 Å². The summed E-state index contributed by atoms with van der Waals surface area (Å²) in [5.41, 5.74) is 7.78. The van der Waals surface area contributed by atoms with Crippen molar-refractivity contribution in [1.82, 2.24) is 0 Å². The van der Waals surface area contributed by atoms with Crippen LogP contribution < -0.4 is 10.5 Å². The van der Waals surface area contributed by atoms with Crippen LogP contribution in [-0.4, -0.2) is 18.8 Å². The van der Waals surface area contributed by atoms with Crippen molar-refractivity contribution in [3.8, 4) is 5.75 Å². The third-order valence-electron chi connectivity index (χ3n) is 2.58. The lowest BCUT2D eigenvalue weighted by Crippen LogP contribution is -2.17. The summed E-state index contributed by atoms with van der Waals surface area (Å²) in [6.07, 6.45) is 0. The Morgan fingerprint density at radius 2 is 2.00 bits per heavy atom. The minimum absolute atomic E-state index is 0.0949. The first-order chi connectivity index (χ1) is 7.51. The summed E-state index contributed by atoms with van der Waals surface area (Å²) in [7, 11) is 1.58. The van der Waals surface area contributed by atoms with Crippen molar-refractivity contribution < 1.29 is 9.84 Å². The molecule has 1 unspecified atom stereocenters. The standard InChI is InChI=1S/C12H18ClNO2/c1-7(2)8-5-12(16-3)10(13)4-9(8)11(14)6-15/h4-5,7,11,15H,6,14H2,1-3H3. The highest BCUT2D eigenvalue weighted by atomic mass is 35.5. The molecule has 1 aromatic carbocycles. The van der Waals surface area contributed by atoms with Crippen molar-refractivity contribution in [1.29, 1.82) is 0 Å². The number of methoxy groups -OCH3 is 1. The van der Waals surface area contributed by atoms with Gasteiger partial charge in [-0.25, -0.2) is 0 Å². The highest BCUT2D eigenvalue weighted by Gasteiger charge is 2.16. The number of hydrogen-bond donors (Lipinski definition) is 2. The van der Waals surface area contributed by atoms with Crippen molar-refractivity contribution in [2.75, 3.05) is 13.7 Å². The molecular formula is C12H18ClNO2. The van der Waals surface area contributed by atoms with Crippen molar-refractivity contribution in [2.45, 2.75) is 25.8 Å². The van der Waals surface area contributed by atoms with Gasteiger partial charge in [0.15, 0.2) is 0 Å². The molecule has 0 fully saturated rings. The molecule has 1 rings (SSSR count). The lowest BCUT2D eigenvalue weighted by Gasteiger charge is -2.19. The molecule has 1 atom stereocenters. The minimum Gasteiger partial charge on any atom is -0.495 e. The fourth-order valence-electron chi connectivity index (χ4n) is 1.66. The van der Waals surface area contributed by atoms with E-state index in [1.807, 2.05) is 6.07 Å². The number of ether oxygens (including phenoxy) is 1. The quantitative estimate of drug-likeness (QED) is 0.854. The van der Waals surface area contributed by atoms with E-state index >= 15 is 0 Å². The Hall–Kier alpha value is -0.770. The van der Waals surface area contributed by atoms with Crippen molar-refractivity contribution in [3.05, 3.63) is 28.3 Å². The zero-order valence-corrected chi connectivity index (χ0v) is 10.6. The van der Waals surface area contributed by atoms with Gasteiger partial charge >= 0.3 is 0 Å². The Bertz CT molecular complexity index is 366. The average Bonchev–Trinajstić information content (AvgIpc) is 2.27. The molecule has 0 aliphatic rings. The van der Waals surface area contributed by atoms with Gasteiger partial charge in [0.1, 0.15) is 5.75 Å². The van der Waals surface area contributed by atoms with E-state index in [0.29, 0.717) is 16.7 Å². The van der Waals surface area contributed by atoms with Crippen LogP contribution in [0.2, 0.25) is 5.02 Å².